The van der Waals surface area contributed by atoms with Crippen molar-refractivity contribution in [2.45, 2.75) is 17.7 Å². The Bertz CT molecular complexity index is 932. The molecule has 8 nitrogen and oxygen atoms in total. The minimum atomic E-state index is -3.70. The van der Waals surface area contributed by atoms with Gasteiger partial charge in [-0.3, -0.25) is 9.78 Å². The van der Waals surface area contributed by atoms with Crippen LogP contribution in [0.5, 0.6) is 0 Å². The van der Waals surface area contributed by atoms with Crippen molar-refractivity contribution < 1.29 is 8.42 Å². The fraction of sp³-hybridized carbons (Fsp3) is 0.429. The molecule has 0 bridgehead atoms. The van der Waals surface area contributed by atoms with Gasteiger partial charge in [-0.25, -0.2) is 17.9 Å². The molecule has 0 amide bonds. The summed E-state index contributed by atoms with van der Waals surface area (Å²) in [5.74, 6) is 0.263. The lowest BCUT2D eigenvalue weighted by atomic mass is 10.0. The first-order valence-electron chi connectivity index (χ1n) is 7.42. The maximum Gasteiger partial charge on any atom is 0.326 e. The summed E-state index contributed by atoms with van der Waals surface area (Å²) in [6.07, 6.45) is 2.01. The summed E-state index contributed by atoms with van der Waals surface area (Å²) in [6.45, 7) is 2.12. The van der Waals surface area contributed by atoms with E-state index in [1.165, 1.54) is 18.2 Å². The van der Waals surface area contributed by atoms with E-state index in [-0.39, 0.29) is 28.6 Å². The van der Waals surface area contributed by atoms with Crippen molar-refractivity contribution in [3.05, 3.63) is 39.0 Å². The Hall–Kier alpha value is -1.68. The second kappa shape index (κ2) is 7.47. The van der Waals surface area contributed by atoms with Gasteiger partial charge in [-0.05, 0) is 50.0 Å². The van der Waals surface area contributed by atoms with Crippen molar-refractivity contribution in [3.8, 4) is 0 Å². The van der Waals surface area contributed by atoms with Crippen LogP contribution in [0.4, 0.5) is 0 Å². The van der Waals surface area contributed by atoms with Crippen molar-refractivity contribution in [3.63, 3.8) is 0 Å². The van der Waals surface area contributed by atoms with Crippen molar-refractivity contribution >= 4 is 33.3 Å². The largest absolute Gasteiger partial charge is 0.326 e. The lowest BCUT2D eigenvalue weighted by Gasteiger charge is -2.22. The fourth-order valence-electron chi connectivity index (χ4n) is 2.72. The van der Waals surface area contributed by atoms with Gasteiger partial charge in [-0.15, -0.1) is 12.4 Å². The molecule has 1 aromatic carbocycles. The Morgan fingerprint density at radius 2 is 2.00 bits per heavy atom. The lowest BCUT2D eigenvalue weighted by Crippen LogP contribution is -2.38. The summed E-state index contributed by atoms with van der Waals surface area (Å²) in [5, 5.41) is 3.37. The van der Waals surface area contributed by atoms with E-state index in [9.17, 15) is 18.0 Å². The van der Waals surface area contributed by atoms with Gasteiger partial charge >= 0.3 is 5.69 Å². The predicted molar refractivity (Wildman–Crippen MR) is 93.2 cm³/mol. The maximum atomic E-state index is 12.4. The first kappa shape index (κ1) is 18.7. The first-order valence-corrected chi connectivity index (χ1v) is 8.91. The number of aromatic amines is 2. The minimum absolute atomic E-state index is 0. The highest BCUT2D eigenvalue weighted by Crippen LogP contribution is 2.15. The normalized spacial score (nSPS) is 18.2. The third-order valence-corrected chi connectivity index (χ3v) is 5.40. The Balaban J connectivity index is 0.00000208. The molecule has 0 radical (unpaired) electrons. The number of hydrogen-bond acceptors (Lipinski definition) is 5. The SMILES string of the molecule is Cl.O=c1[nH]c(=O)c2cc(S(=O)(=O)NCC3CCCNC3)ccc2[nH]1. The highest BCUT2D eigenvalue weighted by atomic mass is 35.5. The van der Waals surface area contributed by atoms with Gasteiger partial charge in [0.25, 0.3) is 5.56 Å². The summed E-state index contributed by atoms with van der Waals surface area (Å²) < 4.78 is 27.4. The fourth-order valence-corrected chi connectivity index (χ4v) is 3.86. The summed E-state index contributed by atoms with van der Waals surface area (Å²) in [7, 11) is -3.70. The molecule has 2 aromatic rings. The number of rotatable bonds is 4. The van der Waals surface area contributed by atoms with Crippen LogP contribution in [0.2, 0.25) is 0 Å². The molecule has 4 N–H and O–H groups in total. The third-order valence-electron chi connectivity index (χ3n) is 3.98. The first-order chi connectivity index (χ1) is 11.0. The van der Waals surface area contributed by atoms with Gasteiger partial charge in [0.2, 0.25) is 10.0 Å². The quantitative estimate of drug-likeness (QED) is 0.595. The van der Waals surface area contributed by atoms with E-state index < -0.39 is 21.3 Å². The molecule has 2 heterocycles. The molecule has 1 fully saturated rings. The molecule has 1 aliphatic heterocycles. The number of hydrogen-bond donors (Lipinski definition) is 4. The molecule has 1 saturated heterocycles. The number of H-pyrrole nitrogens is 2. The van der Waals surface area contributed by atoms with Crippen molar-refractivity contribution in [2.75, 3.05) is 19.6 Å². The molecule has 0 saturated carbocycles. The number of piperidine rings is 1. The number of sulfonamides is 1. The molecular weight excluding hydrogens is 356 g/mol. The van der Waals surface area contributed by atoms with E-state index in [0.717, 1.165) is 25.9 Å². The second-order valence-corrected chi connectivity index (χ2v) is 7.45. The van der Waals surface area contributed by atoms with Gasteiger partial charge < -0.3 is 10.3 Å². The van der Waals surface area contributed by atoms with E-state index in [4.69, 9.17) is 0 Å². The molecule has 132 valence electrons. The van der Waals surface area contributed by atoms with Crippen molar-refractivity contribution in [1.29, 1.82) is 0 Å². The number of halogens is 1. The maximum absolute atomic E-state index is 12.4. The van der Waals surface area contributed by atoms with Crippen LogP contribution in [0.25, 0.3) is 10.9 Å². The highest BCUT2D eigenvalue weighted by Gasteiger charge is 2.19. The van der Waals surface area contributed by atoms with Crippen LogP contribution in [-0.2, 0) is 10.0 Å². The molecular formula is C14H19ClN4O4S. The molecule has 1 aliphatic rings. The average Bonchev–Trinajstić information content (AvgIpc) is 2.53. The number of aromatic nitrogens is 2. The zero-order valence-corrected chi connectivity index (χ0v) is 14.4. The van der Waals surface area contributed by atoms with Gasteiger partial charge in [-0.2, -0.15) is 0 Å². The van der Waals surface area contributed by atoms with E-state index in [1.54, 1.807) is 0 Å². The number of benzene rings is 1. The van der Waals surface area contributed by atoms with Crippen LogP contribution in [0.15, 0.2) is 32.7 Å². The summed E-state index contributed by atoms with van der Waals surface area (Å²) in [5.41, 5.74) is -0.938. The summed E-state index contributed by atoms with van der Waals surface area (Å²) >= 11 is 0. The van der Waals surface area contributed by atoms with Crippen LogP contribution >= 0.6 is 12.4 Å². The van der Waals surface area contributed by atoms with E-state index in [1.807, 2.05) is 0 Å². The zero-order valence-electron chi connectivity index (χ0n) is 12.8. The second-order valence-electron chi connectivity index (χ2n) is 5.68. The van der Waals surface area contributed by atoms with Gasteiger partial charge in [0.05, 0.1) is 15.8 Å². The topological polar surface area (TPSA) is 124 Å². The molecule has 24 heavy (non-hydrogen) atoms. The smallest absolute Gasteiger partial charge is 0.316 e. The van der Waals surface area contributed by atoms with Gasteiger partial charge in [-0.1, -0.05) is 0 Å². The molecule has 1 atom stereocenters. The van der Waals surface area contributed by atoms with Gasteiger partial charge in [0.1, 0.15) is 0 Å². The lowest BCUT2D eigenvalue weighted by molar-refractivity contribution is 0.376. The van der Waals surface area contributed by atoms with Crippen LogP contribution in [0.1, 0.15) is 12.8 Å². The predicted octanol–water partition coefficient (Wildman–Crippen LogP) is -0.0839. The average molecular weight is 375 g/mol. The molecule has 0 aliphatic carbocycles. The molecule has 1 unspecified atom stereocenters. The van der Waals surface area contributed by atoms with Gasteiger partial charge in [0, 0.05) is 6.54 Å². The monoisotopic (exact) mass is 374 g/mol. The van der Waals surface area contributed by atoms with Gasteiger partial charge in [0.15, 0.2) is 0 Å². The summed E-state index contributed by atoms with van der Waals surface area (Å²) in [6, 6.07) is 4.06. The third kappa shape index (κ3) is 4.04. The van der Waals surface area contributed by atoms with E-state index in [0.29, 0.717) is 12.1 Å². The summed E-state index contributed by atoms with van der Waals surface area (Å²) in [4.78, 5) is 27.6. The molecule has 10 heteroatoms. The number of nitrogens with one attached hydrogen (secondary N) is 4. The standard InChI is InChI=1S/C14H18N4O4S.ClH/c19-13-11-6-10(3-4-12(11)17-14(20)18-13)23(21,22)16-8-9-2-1-5-15-7-9;/h3-4,6,9,15-16H,1-2,5,7-8H2,(H2,17,18,19,20);1H. The number of fused-ring (bicyclic) bond motifs is 1. The van der Waals surface area contributed by atoms with Crippen LogP contribution in [0.3, 0.4) is 0 Å². The Morgan fingerprint density at radius 1 is 1.21 bits per heavy atom. The van der Waals surface area contributed by atoms with Crippen molar-refractivity contribution in [1.82, 2.24) is 20.0 Å². The van der Waals surface area contributed by atoms with Crippen LogP contribution in [-0.4, -0.2) is 38.0 Å². The molecule has 3 rings (SSSR count). The van der Waals surface area contributed by atoms with Crippen LogP contribution in [0, 0.1) is 5.92 Å². The highest BCUT2D eigenvalue weighted by molar-refractivity contribution is 7.89. The Morgan fingerprint density at radius 3 is 2.71 bits per heavy atom. The van der Waals surface area contributed by atoms with E-state index >= 15 is 0 Å². The Kier molecular flexibility index (Phi) is 5.81. The minimum Gasteiger partial charge on any atom is -0.316 e. The van der Waals surface area contributed by atoms with E-state index in [2.05, 4.69) is 20.0 Å². The Labute approximate surface area is 144 Å². The molecule has 1 aromatic heterocycles. The molecule has 0 spiro atoms. The van der Waals surface area contributed by atoms with Crippen LogP contribution < -0.4 is 21.3 Å². The van der Waals surface area contributed by atoms with Crippen molar-refractivity contribution in [2.24, 2.45) is 5.92 Å². The zero-order chi connectivity index (χ0) is 16.4.